The molecule has 100 valence electrons. The maximum absolute atomic E-state index is 5.86. The lowest BCUT2D eigenvalue weighted by atomic mass is 10.1. The first-order chi connectivity index (χ1) is 9.33. The molecule has 0 atom stereocenters. The lowest BCUT2D eigenvalue weighted by molar-refractivity contribution is 0.477. The van der Waals surface area contributed by atoms with Crippen molar-refractivity contribution in [3.8, 4) is 11.5 Å². The van der Waals surface area contributed by atoms with E-state index < -0.39 is 0 Å². The minimum atomic E-state index is 0.401. The molecule has 2 aromatic rings. The summed E-state index contributed by atoms with van der Waals surface area (Å²) in [5.41, 5.74) is 2.25. The highest BCUT2D eigenvalue weighted by Crippen LogP contribution is 2.26. The lowest BCUT2D eigenvalue weighted by Crippen LogP contribution is -1.91. The third-order valence-electron chi connectivity index (χ3n) is 2.97. The van der Waals surface area contributed by atoms with Crippen molar-refractivity contribution in [3.05, 3.63) is 53.9 Å². The van der Waals surface area contributed by atoms with Crippen LogP contribution in [0.25, 0.3) is 0 Å². The van der Waals surface area contributed by atoms with E-state index in [1.165, 1.54) is 18.4 Å². The minimum Gasteiger partial charge on any atom is -0.457 e. The largest absolute Gasteiger partial charge is 0.457 e. The van der Waals surface area contributed by atoms with Crippen molar-refractivity contribution >= 4 is 11.6 Å². The summed E-state index contributed by atoms with van der Waals surface area (Å²) in [6.07, 6.45) is 7.01. The first-order valence-electron chi connectivity index (χ1n) is 6.59. The van der Waals surface area contributed by atoms with Crippen LogP contribution in [0, 0.1) is 0 Å². The van der Waals surface area contributed by atoms with Crippen molar-refractivity contribution in [1.29, 1.82) is 0 Å². The van der Waals surface area contributed by atoms with E-state index in [0.29, 0.717) is 5.88 Å². The van der Waals surface area contributed by atoms with Crippen molar-refractivity contribution in [3.63, 3.8) is 0 Å². The number of nitrogens with zero attached hydrogens (tertiary/aromatic N) is 1. The summed E-state index contributed by atoms with van der Waals surface area (Å²) in [5.74, 6) is 2.00. The number of aromatic nitrogens is 1. The standard InChI is InChI=1S/C16H18ClNO/c1-2-3-4-13-5-7-15(8-6-13)19-16-9-10-18-12-14(16)11-17/h5-10,12H,2-4,11H2,1H3. The van der Waals surface area contributed by atoms with Gasteiger partial charge in [0.15, 0.2) is 0 Å². The van der Waals surface area contributed by atoms with Crippen LogP contribution in [0.3, 0.4) is 0 Å². The molecule has 0 aliphatic carbocycles. The van der Waals surface area contributed by atoms with Gasteiger partial charge < -0.3 is 4.74 Å². The SMILES string of the molecule is CCCCc1ccc(Oc2ccncc2CCl)cc1. The number of aryl methyl sites for hydroxylation is 1. The summed E-state index contributed by atoms with van der Waals surface area (Å²) in [6, 6.07) is 10.1. The van der Waals surface area contributed by atoms with E-state index in [2.05, 4.69) is 24.0 Å². The van der Waals surface area contributed by atoms with Crippen LogP contribution in [-0.2, 0) is 12.3 Å². The number of benzene rings is 1. The highest BCUT2D eigenvalue weighted by molar-refractivity contribution is 6.17. The van der Waals surface area contributed by atoms with Gasteiger partial charge in [0.25, 0.3) is 0 Å². The topological polar surface area (TPSA) is 22.1 Å². The summed E-state index contributed by atoms with van der Waals surface area (Å²) in [5, 5.41) is 0. The fourth-order valence-electron chi connectivity index (χ4n) is 1.85. The molecule has 2 rings (SSSR count). The van der Waals surface area contributed by atoms with Crippen molar-refractivity contribution in [1.82, 2.24) is 4.98 Å². The number of unbranched alkanes of at least 4 members (excludes halogenated alkanes) is 1. The first kappa shape index (κ1) is 13.9. The Bertz CT molecular complexity index is 510. The molecular weight excluding hydrogens is 258 g/mol. The Balaban J connectivity index is 2.06. The molecule has 0 bridgehead atoms. The van der Waals surface area contributed by atoms with Gasteiger partial charge in [-0.15, -0.1) is 11.6 Å². The molecule has 0 radical (unpaired) electrons. The van der Waals surface area contributed by atoms with Gasteiger partial charge in [0.2, 0.25) is 0 Å². The van der Waals surface area contributed by atoms with E-state index in [-0.39, 0.29) is 0 Å². The van der Waals surface area contributed by atoms with Crippen LogP contribution in [0.15, 0.2) is 42.7 Å². The average molecular weight is 276 g/mol. The Kier molecular flexibility index (Phi) is 5.22. The normalized spacial score (nSPS) is 10.4. The summed E-state index contributed by atoms with van der Waals surface area (Å²) in [7, 11) is 0. The Morgan fingerprint density at radius 3 is 2.63 bits per heavy atom. The van der Waals surface area contributed by atoms with Crippen LogP contribution >= 0.6 is 11.6 Å². The predicted octanol–water partition coefficient (Wildman–Crippen LogP) is 4.96. The summed E-state index contributed by atoms with van der Waals surface area (Å²) >= 11 is 5.86. The lowest BCUT2D eigenvalue weighted by Gasteiger charge is -2.09. The second-order valence-corrected chi connectivity index (χ2v) is 4.73. The molecule has 0 N–H and O–H groups in total. The average Bonchev–Trinajstić information content (AvgIpc) is 2.47. The molecule has 1 aromatic heterocycles. The van der Waals surface area contributed by atoms with E-state index >= 15 is 0 Å². The zero-order chi connectivity index (χ0) is 13.5. The molecule has 0 aliphatic heterocycles. The summed E-state index contributed by atoms with van der Waals surface area (Å²) in [6.45, 7) is 2.20. The number of ether oxygens (including phenoxy) is 1. The van der Waals surface area contributed by atoms with Gasteiger partial charge >= 0.3 is 0 Å². The van der Waals surface area contributed by atoms with Crippen molar-refractivity contribution < 1.29 is 4.74 Å². The number of alkyl halides is 1. The van der Waals surface area contributed by atoms with Gasteiger partial charge in [-0.3, -0.25) is 4.98 Å². The molecule has 0 aliphatic rings. The Hall–Kier alpha value is -1.54. The van der Waals surface area contributed by atoms with Gasteiger partial charge in [-0.1, -0.05) is 25.5 Å². The molecule has 0 saturated carbocycles. The molecule has 0 saturated heterocycles. The predicted molar refractivity (Wildman–Crippen MR) is 78.9 cm³/mol. The molecule has 1 heterocycles. The zero-order valence-corrected chi connectivity index (χ0v) is 11.9. The van der Waals surface area contributed by atoms with Gasteiger partial charge in [0.05, 0.1) is 5.88 Å². The minimum absolute atomic E-state index is 0.401. The highest BCUT2D eigenvalue weighted by atomic mass is 35.5. The molecule has 3 heteroatoms. The maximum atomic E-state index is 5.86. The van der Waals surface area contributed by atoms with Crippen LogP contribution in [0.2, 0.25) is 0 Å². The van der Waals surface area contributed by atoms with Crippen molar-refractivity contribution in [2.24, 2.45) is 0 Å². The van der Waals surface area contributed by atoms with Crippen LogP contribution in [0.4, 0.5) is 0 Å². The fraction of sp³-hybridized carbons (Fsp3) is 0.312. The first-order valence-corrected chi connectivity index (χ1v) is 7.12. The van der Waals surface area contributed by atoms with E-state index in [4.69, 9.17) is 16.3 Å². The van der Waals surface area contributed by atoms with E-state index in [1.54, 1.807) is 12.4 Å². The van der Waals surface area contributed by atoms with Gasteiger partial charge in [-0.25, -0.2) is 0 Å². The second-order valence-electron chi connectivity index (χ2n) is 4.47. The molecule has 0 fully saturated rings. The van der Waals surface area contributed by atoms with Gasteiger partial charge in [-0.2, -0.15) is 0 Å². The van der Waals surface area contributed by atoms with Gasteiger partial charge in [0.1, 0.15) is 11.5 Å². The van der Waals surface area contributed by atoms with E-state index in [9.17, 15) is 0 Å². The molecule has 0 spiro atoms. The summed E-state index contributed by atoms with van der Waals surface area (Å²) < 4.78 is 5.84. The van der Waals surface area contributed by atoms with Crippen molar-refractivity contribution in [2.75, 3.05) is 0 Å². The molecule has 0 amide bonds. The molecule has 0 unspecified atom stereocenters. The third kappa shape index (κ3) is 3.97. The van der Waals surface area contributed by atoms with Crippen molar-refractivity contribution in [2.45, 2.75) is 32.1 Å². The third-order valence-corrected chi connectivity index (χ3v) is 3.26. The molecule has 2 nitrogen and oxygen atoms in total. The fourth-order valence-corrected chi connectivity index (χ4v) is 2.05. The monoisotopic (exact) mass is 275 g/mol. The Morgan fingerprint density at radius 1 is 1.16 bits per heavy atom. The van der Waals surface area contributed by atoms with Crippen LogP contribution in [0.1, 0.15) is 30.9 Å². The maximum Gasteiger partial charge on any atom is 0.134 e. The quantitative estimate of drug-likeness (QED) is 0.696. The van der Waals surface area contributed by atoms with Gasteiger partial charge in [0, 0.05) is 18.0 Å². The smallest absolute Gasteiger partial charge is 0.134 e. The Morgan fingerprint density at radius 2 is 1.95 bits per heavy atom. The van der Waals surface area contributed by atoms with Crippen LogP contribution in [-0.4, -0.2) is 4.98 Å². The van der Waals surface area contributed by atoms with Crippen LogP contribution < -0.4 is 4.74 Å². The number of hydrogen-bond donors (Lipinski definition) is 0. The molecule has 19 heavy (non-hydrogen) atoms. The number of halogens is 1. The number of rotatable bonds is 6. The van der Waals surface area contributed by atoms with E-state index in [0.717, 1.165) is 23.5 Å². The summed E-state index contributed by atoms with van der Waals surface area (Å²) in [4.78, 5) is 4.04. The number of pyridine rings is 1. The zero-order valence-electron chi connectivity index (χ0n) is 11.1. The van der Waals surface area contributed by atoms with Crippen LogP contribution in [0.5, 0.6) is 11.5 Å². The molecule has 1 aromatic carbocycles. The second kappa shape index (κ2) is 7.15. The Labute approximate surface area is 119 Å². The highest BCUT2D eigenvalue weighted by Gasteiger charge is 2.04. The molecular formula is C16H18ClNO. The van der Waals surface area contributed by atoms with Gasteiger partial charge in [-0.05, 0) is 36.6 Å². The van der Waals surface area contributed by atoms with E-state index in [1.807, 2.05) is 18.2 Å². The number of hydrogen-bond acceptors (Lipinski definition) is 2.